The second kappa shape index (κ2) is 11.3. The first-order valence-electron chi connectivity index (χ1n) is 15.6. The van der Waals surface area contributed by atoms with Crippen LogP contribution < -0.4 is 18.9 Å². The molecule has 2 heterocycles. The molecule has 0 amide bonds. The summed E-state index contributed by atoms with van der Waals surface area (Å²) in [6.45, 7) is 1.89. The summed E-state index contributed by atoms with van der Waals surface area (Å²) in [5.74, 6) is 2.87. The highest BCUT2D eigenvalue weighted by Gasteiger charge is 2.49. The molecule has 0 aromatic heterocycles. The third kappa shape index (κ3) is 4.87. The number of aromatic hydroxyl groups is 1. The van der Waals surface area contributed by atoms with Gasteiger partial charge in [-0.3, -0.25) is 14.6 Å². The minimum Gasteiger partial charge on any atom is -0.504 e. The van der Waals surface area contributed by atoms with Crippen LogP contribution in [0.15, 0.2) is 66.5 Å². The van der Waals surface area contributed by atoms with Crippen molar-refractivity contribution < 1.29 is 28.8 Å². The van der Waals surface area contributed by atoms with Crippen LogP contribution in [0.25, 0.3) is 0 Å². The number of benzene rings is 3. The van der Waals surface area contributed by atoms with Gasteiger partial charge in [-0.25, -0.2) is 0 Å². The number of rotatable bonds is 7. The molecule has 7 rings (SSSR count). The van der Waals surface area contributed by atoms with E-state index in [-0.39, 0.29) is 23.6 Å². The molecule has 0 saturated carbocycles. The van der Waals surface area contributed by atoms with Crippen molar-refractivity contribution in [3.8, 4) is 28.7 Å². The molecule has 3 atom stereocenters. The van der Waals surface area contributed by atoms with E-state index in [0.29, 0.717) is 28.8 Å². The zero-order valence-corrected chi connectivity index (χ0v) is 26.6. The van der Waals surface area contributed by atoms with Gasteiger partial charge in [-0.1, -0.05) is 18.2 Å². The van der Waals surface area contributed by atoms with Gasteiger partial charge < -0.3 is 24.1 Å². The molecule has 0 bridgehead atoms. The minimum absolute atomic E-state index is 0.123. The molecule has 1 N–H and O–H groups in total. The molecule has 0 unspecified atom stereocenters. The van der Waals surface area contributed by atoms with Gasteiger partial charge >= 0.3 is 0 Å². The number of methoxy groups -OCH3 is 3. The summed E-state index contributed by atoms with van der Waals surface area (Å²) in [6.07, 6.45) is 9.06. The predicted octanol–water partition coefficient (Wildman–Crippen LogP) is 5.46. The number of ether oxygens (including phenoxy) is 4. The van der Waals surface area contributed by atoms with Gasteiger partial charge in [0.2, 0.25) is 5.78 Å². The molecule has 4 aliphatic rings. The lowest BCUT2D eigenvalue weighted by atomic mass is 9.77. The van der Waals surface area contributed by atoms with Gasteiger partial charge in [0.1, 0.15) is 5.75 Å². The Morgan fingerprint density at radius 2 is 1.62 bits per heavy atom. The molecule has 3 aromatic rings. The second-order valence-electron chi connectivity index (χ2n) is 12.7. The van der Waals surface area contributed by atoms with E-state index >= 15 is 0 Å². The molecule has 1 spiro atoms. The maximum absolute atomic E-state index is 13.2. The van der Waals surface area contributed by atoms with E-state index in [2.05, 4.69) is 42.1 Å². The molecule has 2 aliphatic carbocycles. The number of ketones is 1. The van der Waals surface area contributed by atoms with Crippen LogP contribution in [-0.2, 0) is 29.5 Å². The van der Waals surface area contributed by atoms with E-state index < -0.39 is 5.41 Å². The van der Waals surface area contributed by atoms with Crippen molar-refractivity contribution in [3.63, 3.8) is 0 Å². The van der Waals surface area contributed by atoms with E-state index in [9.17, 15) is 9.90 Å². The highest BCUT2D eigenvalue weighted by molar-refractivity contribution is 6.04. The Morgan fingerprint density at radius 1 is 0.911 bits per heavy atom. The fourth-order valence-electron chi connectivity index (χ4n) is 7.80. The summed E-state index contributed by atoms with van der Waals surface area (Å²) in [6, 6.07) is 14.2. The molecule has 3 aromatic carbocycles. The largest absolute Gasteiger partial charge is 0.504 e. The average molecular weight is 609 g/mol. The number of phenols is 1. The van der Waals surface area contributed by atoms with Gasteiger partial charge in [0.15, 0.2) is 28.8 Å². The van der Waals surface area contributed by atoms with Crippen molar-refractivity contribution in [2.45, 2.75) is 43.2 Å². The first-order valence-corrected chi connectivity index (χ1v) is 15.6. The smallest absolute Gasteiger partial charge is 0.220 e. The molecule has 234 valence electrons. The Kier molecular flexibility index (Phi) is 7.37. The lowest BCUT2D eigenvalue weighted by Crippen LogP contribution is -2.33. The molecule has 0 radical (unpaired) electrons. The Bertz CT molecular complexity index is 1730. The van der Waals surface area contributed by atoms with E-state index in [0.717, 1.165) is 55.5 Å². The first-order chi connectivity index (χ1) is 21.7. The van der Waals surface area contributed by atoms with E-state index in [1.807, 2.05) is 36.4 Å². The monoisotopic (exact) mass is 608 g/mol. The zero-order chi connectivity index (χ0) is 31.5. The van der Waals surface area contributed by atoms with Gasteiger partial charge in [-0.15, -0.1) is 0 Å². The number of phenolic OH excluding ortho intramolecular Hbond substituents is 1. The molecule has 0 saturated heterocycles. The fraction of sp³-hybridized carbons (Fsp3) is 0.378. The summed E-state index contributed by atoms with van der Waals surface area (Å²) < 4.78 is 23.4. The molecule has 2 aliphatic heterocycles. The molecular formula is C37H40N2O6. The number of fused-ring (bicyclic) bond motifs is 2. The molecule has 0 fully saturated rings. The SMILES string of the molecule is COc1cc2c(cc1O)[C@@H](Cc1ccc(OC3=C[C@@]4(C=CC3=O)C[C@H]3c5c(cc(OC)c(OC)c54)CCN3C)cc1)N(C)CC2. The van der Waals surface area contributed by atoms with Crippen LogP contribution in [0.4, 0.5) is 0 Å². The highest BCUT2D eigenvalue weighted by Crippen LogP contribution is 2.58. The van der Waals surface area contributed by atoms with Crippen LogP contribution >= 0.6 is 0 Å². The topological polar surface area (TPSA) is 80.7 Å². The summed E-state index contributed by atoms with van der Waals surface area (Å²) in [4.78, 5) is 17.9. The van der Waals surface area contributed by atoms with Crippen molar-refractivity contribution in [2.24, 2.45) is 0 Å². The van der Waals surface area contributed by atoms with Crippen LogP contribution in [0.2, 0.25) is 0 Å². The molecule has 8 nitrogen and oxygen atoms in total. The van der Waals surface area contributed by atoms with Crippen molar-refractivity contribution in [1.29, 1.82) is 0 Å². The number of allylic oxidation sites excluding steroid dienone is 3. The van der Waals surface area contributed by atoms with E-state index in [1.54, 1.807) is 27.4 Å². The average Bonchev–Trinajstić information content (AvgIpc) is 3.38. The normalized spacial score (nSPS) is 23.8. The maximum Gasteiger partial charge on any atom is 0.220 e. The molecule has 8 heteroatoms. The lowest BCUT2D eigenvalue weighted by Gasteiger charge is -2.35. The minimum atomic E-state index is -0.552. The third-order valence-corrected chi connectivity index (χ3v) is 10.2. The van der Waals surface area contributed by atoms with Crippen molar-refractivity contribution >= 4 is 5.78 Å². The quantitative estimate of drug-likeness (QED) is 0.379. The Balaban J connectivity index is 1.17. The number of carbonyl (C=O) groups is 1. The van der Waals surface area contributed by atoms with Crippen molar-refractivity contribution in [3.05, 3.63) is 99.8 Å². The van der Waals surface area contributed by atoms with Crippen molar-refractivity contribution in [2.75, 3.05) is 48.5 Å². The summed E-state index contributed by atoms with van der Waals surface area (Å²) in [5, 5.41) is 10.5. The van der Waals surface area contributed by atoms with E-state index in [4.69, 9.17) is 18.9 Å². The number of hydrogen-bond acceptors (Lipinski definition) is 8. The highest BCUT2D eigenvalue weighted by atomic mass is 16.5. The van der Waals surface area contributed by atoms with Crippen LogP contribution in [0.1, 0.15) is 51.9 Å². The number of nitrogens with zero attached hydrogens (tertiary/aromatic N) is 2. The first kappa shape index (κ1) is 29.4. The van der Waals surface area contributed by atoms with Gasteiger partial charge in [0.25, 0.3) is 0 Å². The standard InChI is InChI=1S/C37H40N2O6/c1-38-14-11-23-17-31(42-3)30(41)19-26(23)27(38)16-22-6-8-25(9-7-22)45-33-21-37(13-10-29(33)40)20-28-34-24(12-15-39(28)2)18-32(43-4)36(44-5)35(34)37/h6-10,13,17-19,21,27-28,41H,11-12,14-16,20H2,1-5H3/t27-,28+,37-/m1/s1. The van der Waals surface area contributed by atoms with Gasteiger partial charge in [0, 0.05) is 36.2 Å². The Morgan fingerprint density at radius 3 is 2.36 bits per heavy atom. The van der Waals surface area contributed by atoms with Crippen molar-refractivity contribution in [1.82, 2.24) is 9.80 Å². The van der Waals surface area contributed by atoms with Gasteiger partial charge in [-0.05, 0) is 110 Å². The number of likely N-dealkylation sites (N-methyl/N-ethyl adjacent to an activating group) is 2. The third-order valence-electron chi connectivity index (χ3n) is 10.2. The summed E-state index contributed by atoms with van der Waals surface area (Å²) in [7, 11) is 9.21. The van der Waals surface area contributed by atoms with Gasteiger partial charge in [0.05, 0.1) is 21.3 Å². The Hall–Kier alpha value is -4.27. The summed E-state index contributed by atoms with van der Waals surface area (Å²) in [5.41, 5.74) is 6.54. The number of carbonyl (C=O) groups excluding carboxylic acids is 1. The predicted molar refractivity (Wildman–Crippen MR) is 172 cm³/mol. The number of hydrogen-bond donors (Lipinski definition) is 1. The van der Waals surface area contributed by atoms with Crippen LogP contribution in [0.5, 0.6) is 28.7 Å². The fourth-order valence-corrected chi connectivity index (χ4v) is 7.80. The molecular weight excluding hydrogens is 568 g/mol. The zero-order valence-electron chi connectivity index (χ0n) is 26.6. The van der Waals surface area contributed by atoms with Crippen LogP contribution in [0.3, 0.4) is 0 Å². The summed E-state index contributed by atoms with van der Waals surface area (Å²) >= 11 is 0. The second-order valence-corrected chi connectivity index (χ2v) is 12.7. The van der Waals surface area contributed by atoms with Gasteiger partial charge in [-0.2, -0.15) is 0 Å². The molecule has 45 heavy (non-hydrogen) atoms. The van der Waals surface area contributed by atoms with Crippen LogP contribution in [-0.4, -0.2) is 69.2 Å². The maximum atomic E-state index is 13.2. The van der Waals surface area contributed by atoms with E-state index in [1.165, 1.54) is 16.7 Å². The lowest BCUT2D eigenvalue weighted by molar-refractivity contribution is -0.113. The Labute approximate surface area is 264 Å². The van der Waals surface area contributed by atoms with Crippen LogP contribution in [0, 0.1) is 0 Å².